The summed E-state index contributed by atoms with van der Waals surface area (Å²) in [5, 5.41) is 7.52. The lowest BCUT2D eigenvalue weighted by molar-refractivity contribution is 0.0924. The van der Waals surface area contributed by atoms with Crippen molar-refractivity contribution in [3.05, 3.63) is 18.0 Å². The summed E-state index contributed by atoms with van der Waals surface area (Å²) < 4.78 is 1.94. The Bertz CT molecular complexity index is 463. The lowest BCUT2D eigenvalue weighted by Crippen LogP contribution is -2.34. The molecule has 22 heavy (non-hydrogen) atoms. The quantitative estimate of drug-likeness (QED) is 0.777. The largest absolute Gasteiger partial charge is 0.348 e. The van der Waals surface area contributed by atoms with Gasteiger partial charge in [0, 0.05) is 12.2 Å². The van der Waals surface area contributed by atoms with E-state index in [-0.39, 0.29) is 11.9 Å². The van der Waals surface area contributed by atoms with Crippen LogP contribution in [0, 0.1) is 5.92 Å². The molecule has 0 aliphatic heterocycles. The van der Waals surface area contributed by atoms with Gasteiger partial charge in [0.25, 0.3) is 5.91 Å². The van der Waals surface area contributed by atoms with Crippen LogP contribution in [0.4, 0.5) is 0 Å². The van der Waals surface area contributed by atoms with E-state index in [1.165, 1.54) is 32.1 Å². The third-order valence-corrected chi connectivity index (χ3v) is 4.98. The Morgan fingerprint density at radius 1 is 1.36 bits per heavy atom. The van der Waals surface area contributed by atoms with Crippen molar-refractivity contribution >= 4 is 5.91 Å². The molecule has 0 radical (unpaired) electrons. The van der Waals surface area contributed by atoms with Crippen LogP contribution in [0.1, 0.15) is 88.7 Å². The fraction of sp³-hybridized carbons (Fsp3) is 0.778. The van der Waals surface area contributed by atoms with E-state index in [9.17, 15) is 4.79 Å². The van der Waals surface area contributed by atoms with Gasteiger partial charge in [0.2, 0.25) is 0 Å². The predicted molar refractivity (Wildman–Crippen MR) is 90.0 cm³/mol. The van der Waals surface area contributed by atoms with Crippen LogP contribution in [-0.2, 0) is 0 Å². The molecule has 1 heterocycles. The van der Waals surface area contributed by atoms with Gasteiger partial charge in [-0.1, -0.05) is 46.0 Å². The van der Waals surface area contributed by atoms with Crippen molar-refractivity contribution in [3.63, 3.8) is 0 Å². The number of amides is 1. The number of rotatable bonds is 8. The van der Waals surface area contributed by atoms with Gasteiger partial charge >= 0.3 is 0 Å². The first-order chi connectivity index (χ1) is 10.6. The zero-order valence-corrected chi connectivity index (χ0v) is 14.3. The van der Waals surface area contributed by atoms with Gasteiger partial charge in [-0.3, -0.25) is 9.48 Å². The second-order valence-corrected chi connectivity index (χ2v) is 6.92. The van der Waals surface area contributed by atoms with Gasteiger partial charge in [0.15, 0.2) is 0 Å². The van der Waals surface area contributed by atoms with Crippen LogP contribution in [0.15, 0.2) is 12.3 Å². The summed E-state index contributed by atoms with van der Waals surface area (Å²) in [5.41, 5.74) is 0.723. The first kappa shape index (κ1) is 17.0. The first-order valence-electron chi connectivity index (χ1n) is 8.96. The van der Waals surface area contributed by atoms with E-state index >= 15 is 0 Å². The lowest BCUT2D eigenvalue weighted by Gasteiger charge is -2.17. The number of aromatic nitrogens is 2. The fourth-order valence-electron chi connectivity index (χ4n) is 3.28. The third kappa shape index (κ3) is 4.59. The predicted octanol–water partition coefficient (Wildman–Crippen LogP) is 4.33. The van der Waals surface area contributed by atoms with Gasteiger partial charge in [-0.25, -0.2) is 0 Å². The molecule has 1 aromatic rings. The number of hydrogen-bond donors (Lipinski definition) is 1. The smallest absolute Gasteiger partial charge is 0.269 e. The molecule has 1 fully saturated rings. The third-order valence-electron chi connectivity index (χ3n) is 4.98. The number of nitrogens with one attached hydrogen (secondary N) is 1. The fourth-order valence-corrected chi connectivity index (χ4v) is 3.28. The minimum absolute atomic E-state index is 0.0282. The molecule has 0 aromatic carbocycles. The second-order valence-electron chi connectivity index (χ2n) is 6.92. The van der Waals surface area contributed by atoms with Gasteiger partial charge in [0.05, 0.1) is 6.04 Å². The number of carbonyl (C=O) groups excluding carboxylic acids is 1. The summed E-state index contributed by atoms with van der Waals surface area (Å²) in [6.07, 6.45) is 11.2. The Morgan fingerprint density at radius 3 is 2.77 bits per heavy atom. The zero-order valence-electron chi connectivity index (χ0n) is 14.3. The topological polar surface area (TPSA) is 46.9 Å². The Labute approximate surface area is 134 Å². The second kappa shape index (κ2) is 8.35. The normalized spacial score (nSPS) is 18.3. The molecule has 0 saturated heterocycles. The van der Waals surface area contributed by atoms with E-state index in [0.29, 0.717) is 6.04 Å². The maximum Gasteiger partial charge on any atom is 0.269 e. The highest BCUT2D eigenvalue weighted by Gasteiger charge is 2.23. The Balaban J connectivity index is 1.83. The summed E-state index contributed by atoms with van der Waals surface area (Å²) >= 11 is 0. The van der Waals surface area contributed by atoms with Crippen LogP contribution in [0.3, 0.4) is 0 Å². The van der Waals surface area contributed by atoms with E-state index in [1.54, 1.807) is 6.20 Å². The molecule has 1 N–H and O–H groups in total. The van der Waals surface area contributed by atoms with E-state index in [0.717, 1.165) is 30.9 Å². The monoisotopic (exact) mass is 305 g/mol. The highest BCUT2D eigenvalue weighted by Crippen LogP contribution is 2.29. The molecule has 2 rings (SSSR count). The highest BCUT2D eigenvalue weighted by atomic mass is 16.2. The molecule has 1 aliphatic rings. The maximum atomic E-state index is 12.5. The van der Waals surface area contributed by atoms with E-state index in [2.05, 4.69) is 31.2 Å². The standard InChI is InChI=1S/C18H31N3O/c1-4-14(2)8-7-9-15(3)20-18(22)17-12-13-19-21(17)16-10-5-6-11-16/h12-16H,4-11H2,1-3H3,(H,20,22). The van der Waals surface area contributed by atoms with E-state index in [1.807, 2.05) is 10.7 Å². The average molecular weight is 305 g/mol. The lowest BCUT2D eigenvalue weighted by atomic mass is 10.00. The van der Waals surface area contributed by atoms with Gasteiger partial charge < -0.3 is 5.32 Å². The van der Waals surface area contributed by atoms with Crippen LogP contribution < -0.4 is 5.32 Å². The van der Waals surface area contributed by atoms with Crippen molar-refractivity contribution in [1.29, 1.82) is 0 Å². The van der Waals surface area contributed by atoms with Crippen molar-refractivity contribution in [1.82, 2.24) is 15.1 Å². The molecule has 1 aromatic heterocycles. The number of carbonyl (C=O) groups is 1. The molecule has 124 valence electrons. The van der Waals surface area contributed by atoms with Gasteiger partial charge in [-0.05, 0) is 38.2 Å². The zero-order chi connectivity index (χ0) is 15.9. The van der Waals surface area contributed by atoms with Crippen LogP contribution >= 0.6 is 0 Å². The summed E-state index contributed by atoms with van der Waals surface area (Å²) in [7, 11) is 0. The first-order valence-corrected chi connectivity index (χ1v) is 8.96. The molecule has 1 saturated carbocycles. The van der Waals surface area contributed by atoms with Crippen molar-refractivity contribution in [2.45, 2.75) is 84.2 Å². The molecular formula is C18H31N3O. The van der Waals surface area contributed by atoms with Gasteiger partial charge in [-0.2, -0.15) is 5.10 Å². The van der Waals surface area contributed by atoms with Crippen LogP contribution in [0.25, 0.3) is 0 Å². The minimum atomic E-state index is 0.0282. The van der Waals surface area contributed by atoms with Gasteiger partial charge in [-0.15, -0.1) is 0 Å². The number of hydrogen-bond acceptors (Lipinski definition) is 2. The van der Waals surface area contributed by atoms with E-state index < -0.39 is 0 Å². The minimum Gasteiger partial charge on any atom is -0.348 e. The van der Waals surface area contributed by atoms with Crippen LogP contribution in [0.5, 0.6) is 0 Å². The summed E-state index contributed by atoms with van der Waals surface area (Å²) in [6.45, 7) is 6.63. The Hall–Kier alpha value is -1.32. The van der Waals surface area contributed by atoms with Crippen molar-refractivity contribution in [3.8, 4) is 0 Å². The molecule has 2 atom stereocenters. The Morgan fingerprint density at radius 2 is 2.09 bits per heavy atom. The summed E-state index contributed by atoms with van der Waals surface area (Å²) in [6, 6.07) is 2.49. The van der Waals surface area contributed by atoms with Crippen LogP contribution in [0.2, 0.25) is 0 Å². The molecule has 1 aliphatic carbocycles. The molecule has 1 amide bonds. The van der Waals surface area contributed by atoms with Gasteiger partial charge in [0.1, 0.15) is 5.69 Å². The molecule has 0 bridgehead atoms. The van der Waals surface area contributed by atoms with Crippen molar-refractivity contribution in [2.24, 2.45) is 5.92 Å². The molecular weight excluding hydrogens is 274 g/mol. The van der Waals surface area contributed by atoms with E-state index in [4.69, 9.17) is 0 Å². The number of nitrogens with zero attached hydrogens (tertiary/aromatic N) is 2. The molecule has 2 unspecified atom stereocenters. The van der Waals surface area contributed by atoms with Crippen molar-refractivity contribution < 1.29 is 4.79 Å². The average Bonchev–Trinajstić information content (AvgIpc) is 3.17. The summed E-state index contributed by atoms with van der Waals surface area (Å²) in [5.74, 6) is 0.812. The molecule has 0 spiro atoms. The van der Waals surface area contributed by atoms with Crippen molar-refractivity contribution in [2.75, 3.05) is 0 Å². The summed E-state index contributed by atoms with van der Waals surface area (Å²) in [4.78, 5) is 12.5. The van der Waals surface area contributed by atoms with Crippen LogP contribution in [-0.4, -0.2) is 21.7 Å². The molecule has 4 heteroatoms. The SMILES string of the molecule is CCC(C)CCCC(C)NC(=O)c1ccnn1C1CCCC1. The maximum absolute atomic E-state index is 12.5. The highest BCUT2D eigenvalue weighted by molar-refractivity contribution is 5.92. The molecule has 4 nitrogen and oxygen atoms in total. The Kier molecular flexibility index (Phi) is 6.47.